The molecule has 6 heteroatoms. The van der Waals surface area contributed by atoms with E-state index in [-0.39, 0.29) is 29.3 Å². The molecular weight excluding hydrogens is 394 g/mol. The van der Waals surface area contributed by atoms with E-state index < -0.39 is 0 Å². The van der Waals surface area contributed by atoms with Crippen molar-refractivity contribution in [2.75, 3.05) is 5.32 Å². The number of nitrogens with zero attached hydrogens (tertiary/aromatic N) is 1. The quantitative estimate of drug-likeness (QED) is 0.678. The molecule has 0 atom stereocenters. The molecule has 1 fully saturated rings. The number of rotatable bonds is 6. The summed E-state index contributed by atoms with van der Waals surface area (Å²) in [5, 5.41) is 4.81. The van der Waals surface area contributed by atoms with Crippen molar-refractivity contribution in [3.05, 3.63) is 52.2 Å². The molecule has 3 rings (SSSR count). The maximum absolute atomic E-state index is 13.1. The van der Waals surface area contributed by atoms with Crippen LogP contribution >= 0.6 is 11.3 Å². The average Bonchev–Trinajstić information content (AvgIpc) is 3.22. The van der Waals surface area contributed by atoms with Gasteiger partial charge < -0.3 is 16.0 Å². The van der Waals surface area contributed by atoms with Gasteiger partial charge in [0.15, 0.2) is 0 Å². The van der Waals surface area contributed by atoms with E-state index in [1.165, 1.54) is 11.3 Å². The molecule has 1 aromatic heterocycles. The topological polar surface area (TPSA) is 75.4 Å². The van der Waals surface area contributed by atoms with E-state index in [2.05, 4.69) is 31.0 Å². The molecule has 1 saturated carbocycles. The van der Waals surface area contributed by atoms with Crippen LogP contribution in [0.15, 0.2) is 41.8 Å². The third kappa shape index (κ3) is 6.41. The normalized spacial score (nSPS) is 19.3. The highest BCUT2D eigenvalue weighted by Gasteiger charge is 2.30. The Balaban J connectivity index is 1.68. The van der Waals surface area contributed by atoms with E-state index in [9.17, 15) is 9.59 Å². The first-order valence-electron chi connectivity index (χ1n) is 10.7. The van der Waals surface area contributed by atoms with Gasteiger partial charge in [0.25, 0.3) is 5.91 Å². The lowest BCUT2D eigenvalue weighted by atomic mass is 9.88. The molecular formula is C24H33N3O2S. The van der Waals surface area contributed by atoms with E-state index in [1.54, 1.807) is 0 Å². The van der Waals surface area contributed by atoms with Gasteiger partial charge >= 0.3 is 0 Å². The van der Waals surface area contributed by atoms with Crippen LogP contribution < -0.4 is 11.1 Å². The number of carbonyl (C=O) groups is 2. The fraction of sp³-hybridized carbons (Fsp3) is 0.500. The molecule has 0 unspecified atom stereocenters. The van der Waals surface area contributed by atoms with E-state index in [1.807, 2.05) is 41.8 Å². The molecule has 2 amide bonds. The van der Waals surface area contributed by atoms with E-state index in [0.717, 1.165) is 36.9 Å². The van der Waals surface area contributed by atoms with Gasteiger partial charge in [0.2, 0.25) is 5.91 Å². The fourth-order valence-corrected chi connectivity index (χ4v) is 4.50. The van der Waals surface area contributed by atoms with Crippen molar-refractivity contribution in [2.45, 2.75) is 71.5 Å². The van der Waals surface area contributed by atoms with Crippen molar-refractivity contribution in [1.29, 1.82) is 0 Å². The van der Waals surface area contributed by atoms with Crippen molar-refractivity contribution in [2.24, 2.45) is 11.1 Å². The maximum Gasteiger partial charge on any atom is 0.265 e. The average molecular weight is 428 g/mol. The van der Waals surface area contributed by atoms with Gasteiger partial charge in [0, 0.05) is 30.7 Å². The van der Waals surface area contributed by atoms with Crippen LogP contribution in [0.2, 0.25) is 0 Å². The smallest absolute Gasteiger partial charge is 0.265 e. The van der Waals surface area contributed by atoms with E-state index >= 15 is 0 Å². The second-order valence-corrected chi connectivity index (χ2v) is 10.4. The summed E-state index contributed by atoms with van der Waals surface area (Å²) in [5.74, 6) is 0.108. The van der Waals surface area contributed by atoms with Crippen molar-refractivity contribution < 1.29 is 9.59 Å². The van der Waals surface area contributed by atoms with Gasteiger partial charge in [-0.15, -0.1) is 11.3 Å². The van der Waals surface area contributed by atoms with Gasteiger partial charge in [-0.3, -0.25) is 9.59 Å². The minimum Gasteiger partial charge on any atom is -0.335 e. The summed E-state index contributed by atoms with van der Waals surface area (Å²) < 4.78 is 0. The minimum atomic E-state index is -0.0988. The Morgan fingerprint density at radius 1 is 1.10 bits per heavy atom. The summed E-state index contributed by atoms with van der Waals surface area (Å²) in [6.07, 6.45) is 4.40. The number of hydrogen-bond acceptors (Lipinski definition) is 4. The Morgan fingerprint density at radius 2 is 1.77 bits per heavy atom. The van der Waals surface area contributed by atoms with Crippen molar-refractivity contribution in [1.82, 2.24) is 4.90 Å². The van der Waals surface area contributed by atoms with Crippen LogP contribution in [0.5, 0.6) is 0 Å². The number of hydrogen-bond donors (Lipinski definition) is 2. The molecule has 0 saturated heterocycles. The Hall–Kier alpha value is -2.18. The lowest BCUT2D eigenvalue weighted by Gasteiger charge is -2.37. The zero-order valence-electron chi connectivity index (χ0n) is 18.2. The maximum atomic E-state index is 13.1. The summed E-state index contributed by atoms with van der Waals surface area (Å²) in [6.45, 7) is 6.90. The van der Waals surface area contributed by atoms with E-state index in [4.69, 9.17) is 5.73 Å². The molecule has 5 nitrogen and oxygen atoms in total. The Bertz CT molecular complexity index is 832. The number of benzene rings is 1. The highest BCUT2D eigenvalue weighted by atomic mass is 32.1. The first kappa shape index (κ1) is 22.5. The van der Waals surface area contributed by atoms with Gasteiger partial charge in [-0.2, -0.15) is 0 Å². The Morgan fingerprint density at radius 3 is 2.33 bits per heavy atom. The zero-order valence-corrected chi connectivity index (χ0v) is 19.0. The number of carbonyl (C=O) groups excluding carboxylic acids is 2. The second-order valence-electron chi connectivity index (χ2n) is 9.46. The number of amides is 2. The number of thiophene rings is 1. The third-order valence-corrected chi connectivity index (χ3v) is 6.36. The Kier molecular flexibility index (Phi) is 7.32. The highest BCUT2D eigenvalue weighted by Crippen LogP contribution is 2.28. The van der Waals surface area contributed by atoms with Crippen LogP contribution in [0, 0.1) is 5.41 Å². The predicted molar refractivity (Wildman–Crippen MR) is 124 cm³/mol. The molecule has 1 aliphatic rings. The summed E-state index contributed by atoms with van der Waals surface area (Å²) in [5.41, 5.74) is 7.86. The van der Waals surface area contributed by atoms with Crippen LogP contribution in [0.4, 0.5) is 5.69 Å². The van der Waals surface area contributed by atoms with Crippen LogP contribution in [-0.2, 0) is 11.3 Å². The van der Waals surface area contributed by atoms with Crippen LogP contribution in [0.3, 0.4) is 0 Å². The Labute approximate surface area is 183 Å². The minimum absolute atomic E-state index is 0.0453. The summed E-state index contributed by atoms with van der Waals surface area (Å²) in [7, 11) is 0. The van der Waals surface area contributed by atoms with Crippen molar-refractivity contribution >= 4 is 28.8 Å². The molecule has 30 heavy (non-hydrogen) atoms. The summed E-state index contributed by atoms with van der Waals surface area (Å²) in [6, 6.07) is 12.0. The summed E-state index contributed by atoms with van der Waals surface area (Å²) >= 11 is 1.42. The monoisotopic (exact) mass is 427 g/mol. The fourth-order valence-electron chi connectivity index (χ4n) is 3.88. The SMILES string of the molecule is CC(C)(C)CC(=O)N(Cc1ccc(NC(=O)c2cccs2)cc1)C1CCC(N)CC1. The first-order chi connectivity index (χ1) is 14.2. The first-order valence-corrected chi connectivity index (χ1v) is 11.6. The van der Waals surface area contributed by atoms with Gasteiger partial charge in [-0.05, 0) is 60.2 Å². The largest absolute Gasteiger partial charge is 0.335 e. The lowest BCUT2D eigenvalue weighted by molar-refractivity contribution is -0.137. The van der Waals surface area contributed by atoms with Gasteiger partial charge in [0.1, 0.15) is 0 Å². The van der Waals surface area contributed by atoms with Crippen LogP contribution in [-0.4, -0.2) is 28.8 Å². The molecule has 3 N–H and O–H groups in total. The molecule has 162 valence electrons. The molecule has 1 heterocycles. The van der Waals surface area contributed by atoms with E-state index in [0.29, 0.717) is 17.8 Å². The van der Waals surface area contributed by atoms with Crippen molar-refractivity contribution in [3.63, 3.8) is 0 Å². The molecule has 0 aliphatic heterocycles. The molecule has 1 aromatic carbocycles. The standard InChI is InChI=1S/C24H33N3O2S/c1-24(2,3)15-22(28)27(20-12-8-18(25)9-13-20)16-17-6-10-19(11-7-17)26-23(29)21-5-4-14-30-21/h4-7,10-11,14,18,20H,8-9,12-13,15-16,25H2,1-3H3,(H,26,29). The van der Waals surface area contributed by atoms with Gasteiger partial charge in [-0.25, -0.2) is 0 Å². The number of anilines is 1. The second kappa shape index (κ2) is 9.75. The highest BCUT2D eigenvalue weighted by molar-refractivity contribution is 7.12. The predicted octanol–water partition coefficient (Wildman–Crippen LogP) is 5.04. The molecule has 0 radical (unpaired) electrons. The number of nitrogens with one attached hydrogen (secondary N) is 1. The van der Waals surface area contributed by atoms with Crippen LogP contribution in [0.1, 0.15) is 68.1 Å². The van der Waals surface area contributed by atoms with Gasteiger partial charge in [-0.1, -0.05) is 39.0 Å². The van der Waals surface area contributed by atoms with Crippen LogP contribution in [0.25, 0.3) is 0 Å². The lowest BCUT2D eigenvalue weighted by Crippen LogP contribution is -2.44. The summed E-state index contributed by atoms with van der Waals surface area (Å²) in [4.78, 5) is 28.1. The molecule has 0 bridgehead atoms. The molecule has 2 aromatic rings. The number of nitrogens with two attached hydrogens (primary N) is 1. The zero-order chi connectivity index (χ0) is 21.7. The van der Waals surface area contributed by atoms with Crippen molar-refractivity contribution in [3.8, 4) is 0 Å². The van der Waals surface area contributed by atoms with Gasteiger partial charge in [0.05, 0.1) is 4.88 Å². The third-order valence-electron chi connectivity index (χ3n) is 5.49. The molecule has 1 aliphatic carbocycles. The molecule has 0 spiro atoms.